The maximum Gasteiger partial charge on any atom is 0.408 e. The summed E-state index contributed by atoms with van der Waals surface area (Å²) < 4.78 is 16.5. The maximum absolute atomic E-state index is 14.4. The van der Waals surface area contributed by atoms with Gasteiger partial charge in [-0.05, 0) is 122 Å². The predicted molar refractivity (Wildman–Crippen MR) is 218 cm³/mol. The summed E-state index contributed by atoms with van der Waals surface area (Å²) in [5.74, 6) is -0.787. The summed E-state index contributed by atoms with van der Waals surface area (Å²) >= 11 is 0. The van der Waals surface area contributed by atoms with E-state index in [9.17, 15) is 24.3 Å². The Morgan fingerprint density at radius 2 is 1.41 bits per heavy atom. The Kier molecular flexibility index (Phi) is 17.3. The van der Waals surface area contributed by atoms with Gasteiger partial charge in [0.25, 0.3) is 0 Å². The van der Waals surface area contributed by atoms with E-state index in [1.807, 2.05) is 30.3 Å². The first-order valence-corrected chi connectivity index (χ1v) is 19.5. The van der Waals surface area contributed by atoms with Gasteiger partial charge in [0.1, 0.15) is 35.1 Å². The zero-order valence-corrected chi connectivity index (χ0v) is 34.9. The molecular formula is C41H61N9O8. The minimum absolute atomic E-state index is 0.0379. The van der Waals surface area contributed by atoms with E-state index in [2.05, 4.69) is 36.7 Å². The molecule has 1 aromatic heterocycles. The van der Waals surface area contributed by atoms with E-state index in [0.717, 1.165) is 11.1 Å². The second kappa shape index (κ2) is 21.6. The monoisotopic (exact) mass is 807 g/mol. The summed E-state index contributed by atoms with van der Waals surface area (Å²) in [6, 6.07) is 9.70. The van der Waals surface area contributed by atoms with Gasteiger partial charge in [-0.3, -0.25) is 15.0 Å². The van der Waals surface area contributed by atoms with Gasteiger partial charge in [-0.2, -0.15) is 4.98 Å². The summed E-state index contributed by atoms with van der Waals surface area (Å²) in [6.45, 7) is 14.6. The quantitative estimate of drug-likeness (QED) is 0.0465. The van der Waals surface area contributed by atoms with Crippen molar-refractivity contribution in [1.29, 1.82) is 5.41 Å². The minimum Gasteiger partial charge on any atom is -0.508 e. The Bertz CT molecular complexity index is 1810. The second-order valence-corrected chi connectivity index (χ2v) is 16.2. The molecule has 3 atom stereocenters. The van der Waals surface area contributed by atoms with Crippen LogP contribution < -0.4 is 32.3 Å². The number of hydrogen-bond donors (Lipinski definition) is 8. The number of amides is 4. The number of nitrogens with zero attached hydrogens (tertiary/aromatic N) is 2. The topological polar surface area (TPSA) is 256 Å². The van der Waals surface area contributed by atoms with Crippen LogP contribution in [0.15, 0.2) is 47.0 Å². The first kappa shape index (κ1) is 46.5. The van der Waals surface area contributed by atoms with Crippen LogP contribution in [0.2, 0.25) is 0 Å². The third-order valence-corrected chi connectivity index (χ3v) is 8.61. The standard InChI is InChI=1S/C41H61N9O8/c1-25-21-28(51)22-26(2)29(25)24-32(47-34(52)30(18-14-20-44-37(42)43)48-39(55)57-41(6,7)8)35(53)46-31(17-12-13-19-45-38(54)56-40(3,4)5)36-49-33(50-58-36)23-27-15-10-9-11-16-27/h9-11,15-16,21-22,30-32,51H,12-14,17-20,23-24H2,1-8H3,(H,45,54)(H,46,53)(H,47,52)(H,48,55)(H4,42,43,44)/t30-,31-,32-/m0/s1. The van der Waals surface area contributed by atoms with Gasteiger partial charge >= 0.3 is 12.2 Å². The molecule has 9 N–H and O–H groups in total. The number of carbonyl (C=O) groups is 4. The fourth-order valence-corrected chi connectivity index (χ4v) is 5.99. The molecule has 3 rings (SSSR count). The van der Waals surface area contributed by atoms with Crippen molar-refractivity contribution in [3.05, 3.63) is 76.4 Å². The fourth-order valence-electron chi connectivity index (χ4n) is 5.99. The summed E-state index contributed by atoms with van der Waals surface area (Å²) in [5.41, 5.74) is 7.06. The number of nitrogens with one attached hydrogen (secondary N) is 6. The third kappa shape index (κ3) is 17.1. The normalized spacial score (nSPS) is 13.0. The molecule has 0 fully saturated rings. The van der Waals surface area contributed by atoms with Gasteiger partial charge in [0.2, 0.25) is 17.7 Å². The lowest BCUT2D eigenvalue weighted by Crippen LogP contribution is -2.55. The minimum atomic E-state index is -1.17. The third-order valence-electron chi connectivity index (χ3n) is 8.61. The number of aryl methyl sites for hydroxylation is 2. The second-order valence-electron chi connectivity index (χ2n) is 16.2. The van der Waals surface area contributed by atoms with E-state index < -0.39 is 53.3 Å². The van der Waals surface area contributed by atoms with Crippen LogP contribution in [0.25, 0.3) is 0 Å². The van der Waals surface area contributed by atoms with Gasteiger partial charge in [0.05, 0.1) is 0 Å². The van der Waals surface area contributed by atoms with Crippen LogP contribution in [0.4, 0.5) is 9.59 Å². The summed E-state index contributed by atoms with van der Waals surface area (Å²) in [7, 11) is 0. The molecule has 0 spiro atoms. The average molecular weight is 808 g/mol. The summed E-state index contributed by atoms with van der Waals surface area (Å²) in [6.07, 6.45) is 0.970. The molecule has 1 heterocycles. The van der Waals surface area contributed by atoms with Crippen LogP contribution in [-0.2, 0) is 31.9 Å². The number of benzene rings is 2. The van der Waals surface area contributed by atoms with Crippen molar-refractivity contribution in [2.24, 2.45) is 5.73 Å². The van der Waals surface area contributed by atoms with Crippen LogP contribution in [0.5, 0.6) is 5.75 Å². The lowest BCUT2D eigenvalue weighted by molar-refractivity contribution is -0.130. The van der Waals surface area contributed by atoms with Crippen molar-refractivity contribution < 1.29 is 38.3 Å². The van der Waals surface area contributed by atoms with Gasteiger partial charge in [-0.25, -0.2) is 9.59 Å². The van der Waals surface area contributed by atoms with Gasteiger partial charge in [-0.1, -0.05) is 35.5 Å². The highest BCUT2D eigenvalue weighted by Gasteiger charge is 2.32. The van der Waals surface area contributed by atoms with Crippen LogP contribution in [0.3, 0.4) is 0 Å². The Labute approximate surface area is 340 Å². The van der Waals surface area contributed by atoms with E-state index in [1.165, 1.54) is 0 Å². The Morgan fingerprint density at radius 3 is 2.03 bits per heavy atom. The zero-order chi connectivity index (χ0) is 43.0. The number of unbranched alkanes of at least 4 members (excludes halogenated alkanes) is 1. The van der Waals surface area contributed by atoms with Crippen LogP contribution in [0.1, 0.15) is 114 Å². The number of nitrogens with two attached hydrogens (primary N) is 1. The highest BCUT2D eigenvalue weighted by atomic mass is 16.6. The van der Waals surface area contributed by atoms with Gasteiger partial charge in [0.15, 0.2) is 11.8 Å². The molecule has 0 saturated carbocycles. The molecule has 17 nitrogen and oxygen atoms in total. The number of phenols is 1. The summed E-state index contributed by atoms with van der Waals surface area (Å²) in [5, 5.41) is 35.8. The highest BCUT2D eigenvalue weighted by molar-refractivity contribution is 5.91. The van der Waals surface area contributed by atoms with E-state index >= 15 is 0 Å². The van der Waals surface area contributed by atoms with Crippen LogP contribution >= 0.6 is 0 Å². The van der Waals surface area contributed by atoms with Crippen molar-refractivity contribution in [3.63, 3.8) is 0 Å². The van der Waals surface area contributed by atoms with Gasteiger partial charge in [0, 0.05) is 25.9 Å². The maximum atomic E-state index is 14.4. The largest absolute Gasteiger partial charge is 0.508 e. The lowest BCUT2D eigenvalue weighted by Gasteiger charge is -2.27. The molecule has 58 heavy (non-hydrogen) atoms. The van der Waals surface area contributed by atoms with Crippen LogP contribution in [0, 0.1) is 19.3 Å². The SMILES string of the molecule is Cc1cc(O)cc(C)c1C[C@H](NC(=O)[C@H](CCCNC(=N)N)NC(=O)OC(C)(C)C)C(=O)N[C@@H](CCCCNC(=O)OC(C)(C)C)c1nc(Cc2ccccc2)no1. The number of carbonyl (C=O) groups excluding carboxylic acids is 4. The molecule has 3 aromatic rings. The van der Waals surface area contributed by atoms with Crippen molar-refractivity contribution in [1.82, 2.24) is 36.7 Å². The molecular weight excluding hydrogens is 747 g/mol. The zero-order valence-electron chi connectivity index (χ0n) is 34.9. The van der Waals surface area contributed by atoms with E-state index in [1.54, 1.807) is 67.5 Å². The Morgan fingerprint density at radius 1 is 0.810 bits per heavy atom. The number of hydrogen-bond acceptors (Lipinski definition) is 11. The number of alkyl carbamates (subject to hydrolysis) is 2. The average Bonchev–Trinajstić information content (AvgIpc) is 3.56. The van der Waals surface area contributed by atoms with Crippen LogP contribution in [-0.4, -0.2) is 81.6 Å². The number of aromatic nitrogens is 2. The van der Waals surface area contributed by atoms with E-state index in [-0.39, 0.29) is 37.0 Å². The Balaban J connectivity index is 1.91. The molecule has 0 aliphatic rings. The number of guanidine groups is 1. The molecule has 4 amide bonds. The van der Waals surface area contributed by atoms with Crippen molar-refractivity contribution in [2.75, 3.05) is 13.1 Å². The highest BCUT2D eigenvalue weighted by Crippen LogP contribution is 2.24. The first-order chi connectivity index (χ1) is 27.2. The lowest BCUT2D eigenvalue weighted by atomic mass is 9.95. The van der Waals surface area contributed by atoms with E-state index in [4.69, 9.17) is 25.1 Å². The van der Waals surface area contributed by atoms with Gasteiger partial charge in [-0.15, -0.1) is 0 Å². The predicted octanol–water partition coefficient (Wildman–Crippen LogP) is 4.72. The molecule has 0 unspecified atom stereocenters. The Hall–Kier alpha value is -5.87. The fraction of sp³-hybridized carbons (Fsp3) is 0.537. The molecule has 0 aliphatic heterocycles. The molecule has 318 valence electrons. The molecule has 17 heteroatoms. The molecule has 0 saturated heterocycles. The molecule has 0 bridgehead atoms. The van der Waals surface area contributed by atoms with Crippen molar-refractivity contribution >= 4 is 30.0 Å². The number of aromatic hydroxyl groups is 1. The number of phenolic OH excluding ortho intramolecular Hbond substituents is 1. The summed E-state index contributed by atoms with van der Waals surface area (Å²) in [4.78, 5) is 58.2. The van der Waals surface area contributed by atoms with Crippen molar-refractivity contribution in [2.45, 2.75) is 130 Å². The molecule has 0 aliphatic carbocycles. The molecule has 2 aromatic carbocycles. The first-order valence-electron chi connectivity index (χ1n) is 19.5. The van der Waals surface area contributed by atoms with Crippen molar-refractivity contribution in [3.8, 4) is 5.75 Å². The number of ether oxygens (including phenoxy) is 2. The number of rotatable bonds is 19. The smallest absolute Gasteiger partial charge is 0.408 e. The molecule has 0 radical (unpaired) electrons. The van der Waals surface area contributed by atoms with Gasteiger partial charge < -0.3 is 51.4 Å². The van der Waals surface area contributed by atoms with E-state index in [0.29, 0.717) is 55.6 Å².